The zero-order valence-corrected chi connectivity index (χ0v) is 20.1. The molecule has 2 fully saturated rings. The number of benzene rings is 2. The Balaban J connectivity index is 1.14. The van der Waals surface area contributed by atoms with Gasteiger partial charge in [0.05, 0.1) is 24.4 Å². The summed E-state index contributed by atoms with van der Waals surface area (Å²) in [6.07, 6.45) is 5.41. The molecule has 0 N–H and O–H groups in total. The van der Waals surface area contributed by atoms with Crippen molar-refractivity contribution in [2.75, 3.05) is 13.2 Å². The fraction of sp³-hybridized carbons (Fsp3) is 0.571. The molecule has 0 aromatic heterocycles. The maximum Gasteiger partial charge on any atom is 0.158 e. The predicted octanol–water partition coefficient (Wildman–Crippen LogP) is 5.91. The van der Waals surface area contributed by atoms with Gasteiger partial charge in [-0.2, -0.15) is 0 Å². The quantitative estimate of drug-likeness (QED) is 0.456. The number of hydrogen-bond acceptors (Lipinski definition) is 4. The Bertz CT molecular complexity index is 789. The predicted molar refractivity (Wildman–Crippen MR) is 127 cm³/mol. The molecule has 0 amide bonds. The maximum atomic E-state index is 6.25. The monoisotopic (exact) mass is 438 g/mol. The Morgan fingerprint density at radius 2 is 1.06 bits per heavy atom. The Labute approximate surface area is 193 Å². The molecule has 4 nitrogen and oxygen atoms in total. The highest BCUT2D eigenvalue weighted by Gasteiger charge is 2.38. The molecule has 4 rings (SSSR count). The van der Waals surface area contributed by atoms with Gasteiger partial charge in [0.1, 0.15) is 0 Å². The fourth-order valence-electron chi connectivity index (χ4n) is 4.85. The van der Waals surface area contributed by atoms with E-state index in [4.69, 9.17) is 18.9 Å². The van der Waals surface area contributed by atoms with Crippen LogP contribution in [-0.4, -0.2) is 37.0 Å². The minimum atomic E-state index is -0.160. The molecule has 0 radical (unpaired) electrons. The minimum absolute atomic E-state index is 0.148. The highest BCUT2D eigenvalue weighted by Crippen LogP contribution is 2.35. The first kappa shape index (κ1) is 23.4. The van der Waals surface area contributed by atoms with Crippen molar-refractivity contribution in [3.63, 3.8) is 0 Å². The fourth-order valence-corrected chi connectivity index (χ4v) is 4.85. The summed E-state index contributed by atoms with van der Waals surface area (Å²) in [6, 6.07) is 17.4. The summed E-state index contributed by atoms with van der Waals surface area (Å²) in [7, 11) is 0. The molecule has 0 aliphatic carbocycles. The molecule has 4 atom stereocenters. The molecule has 2 heterocycles. The van der Waals surface area contributed by atoms with Crippen molar-refractivity contribution in [1.29, 1.82) is 0 Å². The van der Waals surface area contributed by atoms with E-state index < -0.39 is 0 Å². The van der Waals surface area contributed by atoms with Gasteiger partial charge in [0.15, 0.2) is 12.6 Å². The molecule has 4 heteroatoms. The molecule has 0 saturated carbocycles. The van der Waals surface area contributed by atoms with Crippen LogP contribution in [0.2, 0.25) is 0 Å². The van der Waals surface area contributed by atoms with Crippen LogP contribution in [0.1, 0.15) is 61.8 Å². The Kier molecular flexibility index (Phi) is 7.36. The lowest BCUT2D eigenvalue weighted by atomic mass is 9.93. The molecule has 2 aliphatic rings. The average Bonchev–Trinajstić information content (AvgIpc) is 3.31. The average molecular weight is 439 g/mol. The molecule has 2 aromatic carbocycles. The molecule has 174 valence electrons. The van der Waals surface area contributed by atoms with E-state index in [1.807, 2.05) is 0 Å². The van der Waals surface area contributed by atoms with Gasteiger partial charge in [0, 0.05) is 25.7 Å². The maximum absolute atomic E-state index is 6.25. The lowest BCUT2D eigenvalue weighted by Crippen LogP contribution is -2.30. The molecule has 0 bridgehead atoms. The van der Waals surface area contributed by atoms with Crippen molar-refractivity contribution < 1.29 is 18.9 Å². The van der Waals surface area contributed by atoms with Gasteiger partial charge in [0.25, 0.3) is 0 Å². The second kappa shape index (κ2) is 10.0. The molecule has 32 heavy (non-hydrogen) atoms. The van der Waals surface area contributed by atoms with Gasteiger partial charge in [-0.1, -0.05) is 59.7 Å². The lowest BCUT2D eigenvalue weighted by Gasteiger charge is -2.26. The van der Waals surface area contributed by atoms with Crippen LogP contribution >= 0.6 is 0 Å². The summed E-state index contributed by atoms with van der Waals surface area (Å²) in [5.41, 5.74) is 4.88. The van der Waals surface area contributed by atoms with Gasteiger partial charge < -0.3 is 18.9 Å². The van der Waals surface area contributed by atoms with Crippen LogP contribution in [0.25, 0.3) is 0 Å². The van der Waals surface area contributed by atoms with E-state index in [1.54, 1.807) is 0 Å². The van der Waals surface area contributed by atoms with Crippen molar-refractivity contribution in [2.24, 2.45) is 0 Å². The van der Waals surface area contributed by atoms with Crippen LogP contribution < -0.4 is 0 Å². The van der Waals surface area contributed by atoms with Crippen LogP contribution in [0.5, 0.6) is 0 Å². The molecule has 2 aliphatic heterocycles. The summed E-state index contributed by atoms with van der Waals surface area (Å²) in [5, 5.41) is 0. The van der Waals surface area contributed by atoms with Gasteiger partial charge in [0.2, 0.25) is 0 Å². The zero-order valence-electron chi connectivity index (χ0n) is 20.1. The van der Waals surface area contributed by atoms with Gasteiger partial charge >= 0.3 is 0 Å². The summed E-state index contributed by atoms with van der Waals surface area (Å²) in [6.45, 7) is 9.66. The summed E-state index contributed by atoms with van der Waals surface area (Å²) < 4.78 is 24.5. The van der Waals surface area contributed by atoms with E-state index in [2.05, 4.69) is 76.2 Å². The van der Waals surface area contributed by atoms with E-state index in [1.165, 1.54) is 22.3 Å². The topological polar surface area (TPSA) is 36.9 Å². The smallest absolute Gasteiger partial charge is 0.158 e. The van der Waals surface area contributed by atoms with E-state index in [0.717, 1.165) is 38.5 Å². The van der Waals surface area contributed by atoms with Crippen molar-refractivity contribution in [2.45, 2.75) is 90.0 Å². The molecule has 4 unspecified atom stereocenters. The number of rotatable bonds is 9. The first-order valence-corrected chi connectivity index (χ1v) is 12.0. The highest BCUT2D eigenvalue weighted by atomic mass is 16.7. The second-order valence-electron chi connectivity index (χ2n) is 10.1. The summed E-state index contributed by atoms with van der Waals surface area (Å²) in [4.78, 5) is 0. The van der Waals surface area contributed by atoms with Crippen LogP contribution in [0, 0.1) is 13.8 Å². The largest absolute Gasteiger partial charge is 0.350 e. The first-order chi connectivity index (χ1) is 15.3. The Morgan fingerprint density at radius 3 is 1.44 bits per heavy atom. The standard InChI is InChI=1S/C28H38O4/c1-21-5-9-23(10-6-21)19-27(3)15-13-25(31-27)29-17-18-30-26-14-16-28(4,32-26)20-24-11-7-22(2)8-12-24/h5-12,25-26H,13-20H2,1-4H3. The first-order valence-electron chi connectivity index (χ1n) is 12.0. The van der Waals surface area contributed by atoms with Crippen molar-refractivity contribution >= 4 is 0 Å². The van der Waals surface area contributed by atoms with Crippen LogP contribution in [0.15, 0.2) is 48.5 Å². The molecule has 2 aromatic rings. The van der Waals surface area contributed by atoms with Crippen molar-refractivity contribution in [3.8, 4) is 0 Å². The van der Waals surface area contributed by atoms with E-state index in [-0.39, 0.29) is 23.8 Å². The van der Waals surface area contributed by atoms with Gasteiger partial charge in [-0.25, -0.2) is 0 Å². The minimum Gasteiger partial charge on any atom is -0.350 e. The van der Waals surface area contributed by atoms with Crippen LogP contribution in [-0.2, 0) is 31.8 Å². The third-order valence-corrected chi connectivity index (χ3v) is 6.74. The number of aryl methyl sites for hydroxylation is 2. The summed E-state index contributed by atoms with van der Waals surface area (Å²) in [5.74, 6) is 0. The molecular weight excluding hydrogens is 400 g/mol. The number of ether oxygens (including phenoxy) is 4. The van der Waals surface area contributed by atoms with Crippen LogP contribution in [0.3, 0.4) is 0 Å². The van der Waals surface area contributed by atoms with E-state index >= 15 is 0 Å². The molecule has 0 spiro atoms. The lowest BCUT2D eigenvalue weighted by molar-refractivity contribution is -0.195. The van der Waals surface area contributed by atoms with Gasteiger partial charge in [-0.3, -0.25) is 0 Å². The highest BCUT2D eigenvalue weighted by molar-refractivity contribution is 5.23. The van der Waals surface area contributed by atoms with Crippen LogP contribution in [0.4, 0.5) is 0 Å². The second-order valence-corrected chi connectivity index (χ2v) is 10.1. The number of hydrogen-bond donors (Lipinski definition) is 0. The van der Waals surface area contributed by atoms with E-state index in [9.17, 15) is 0 Å². The SMILES string of the molecule is Cc1ccc(CC2(C)CCC(OCCOC3CCC(C)(Cc4ccc(C)cc4)O3)O2)cc1. The van der Waals surface area contributed by atoms with Crippen molar-refractivity contribution in [1.82, 2.24) is 0 Å². The van der Waals surface area contributed by atoms with Gasteiger partial charge in [-0.15, -0.1) is 0 Å². The van der Waals surface area contributed by atoms with Gasteiger partial charge in [-0.05, 0) is 51.7 Å². The third-order valence-electron chi connectivity index (χ3n) is 6.74. The van der Waals surface area contributed by atoms with E-state index in [0.29, 0.717) is 13.2 Å². The van der Waals surface area contributed by atoms with Crippen molar-refractivity contribution in [3.05, 3.63) is 70.8 Å². The normalized spacial score (nSPS) is 30.1. The molecule has 2 saturated heterocycles. The zero-order chi connectivity index (χ0) is 22.6. The Morgan fingerprint density at radius 1 is 0.688 bits per heavy atom. The third kappa shape index (κ3) is 6.41. The Hall–Kier alpha value is -1.72. The molecular formula is C28H38O4. The summed E-state index contributed by atoms with van der Waals surface area (Å²) >= 11 is 0.